The van der Waals surface area contributed by atoms with Gasteiger partial charge in [0.05, 0.1) is 11.9 Å². The molecule has 0 saturated carbocycles. The summed E-state index contributed by atoms with van der Waals surface area (Å²) >= 11 is 6.21. The van der Waals surface area contributed by atoms with E-state index < -0.39 is 28.5 Å². The summed E-state index contributed by atoms with van der Waals surface area (Å²) in [5.74, 6) is -0.762. The topological polar surface area (TPSA) is 86.8 Å². The van der Waals surface area contributed by atoms with E-state index >= 15 is 0 Å². The maximum absolute atomic E-state index is 13.5. The van der Waals surface area contributed by atoms with Crippen molar-refractivity contribution in [2.75, 3.05) is 23.7 Å². The number of sulfonamides is 1. The minimum absolute atomic E-state index is 0.174. The summed E-state index contributed by atoms with van der Waals surface area (Å²) < 4.78 is 26.4. The van der Waals surface area contributed by atoms with Gasteiger partial charge in [-0.3, -0.25) is 13.9 Å². The molecule has 0 spiro atoms. The summed E-state index contributed by atoms with van der Waals surface area (Å²) in [6.07, 6.45) is 2.81. The zero-order valence-electron chi connectivity index (χ0n) is 20.5. The monoisotopic (exact) mass is 507 g/mol. The number of carbonyl (C=O) groups excluding carboxylic acids is 2. The summed E-state index contributed by atoms with van der Waals surface area (Å²) in [6, 6.07) is 11.8. The quantitative estimate of drug-likeness (QED) is 0.465. The number of hydrogen-bond acceptors (Lipinski definition) is 4. The summed E-state index contributed by atoms with van der Waals surface area (Å²) in [7, 11) is -3.80. The van der Waals surface area contributed by atoms with Gasteiger partial charge in [-0.2, -0.15) is 0 Å². The van der Waals surface area contributed by atoms with Crippen LogP contribution in [0.1, 0.15) is 43.4 Å². The van der Waals surface area contributed by atoms with Gasteiger partial charge < -0.3 is 10.2 Å². The van der Waals surface area contributed by atoms with E-state index in [1.807, 2.05) is 38.1 Å². The van der Waals surface area contributed by atoms with Crippen LogP contribution in [0, 0.1) is 13.8 Å². The zero-order chi connectivity index (χ0) is 25.5. The Morgan fingerprint density at radius 1 is 1.09 bits per heavy atom. The Morgan fingerprint density at radius 3 is 2.32 bits per heavy atom. The summed E-state index contributed by atoms with van der Waals surface area (Å²) in [5.41, 5.74) is 2.81. The minimum Gasteiger partial charge on any atom is -0.354 e. The number of amides is 2. The summed E-state index contributed by atoms with van der Waals surface area (Å²) in [5, 5.41) is 3.26. The Morgan fingerprint density at radius 2 is 1.74 bits per heavy atom. The van der Waals surface area contributed by atoms with Gasteiger partial charge in [0, 0.05) is 18.1 Å². The van der Waals surface area contributed by atoms with Crippen LogP contribution in [0.25, 0.3) is 0 Å². The molecule has 0 fully saturated rings. The van der Waals surface area contributed by atoms with Crippen molar-refractivity contribution >= 4 is 39.1 Å². The van der Waals surface area contributed by atoms with Crippen LogP contribution in [-0.2, 0) is 26.2 Å². The average molecular weight is 508 g/mol. The molecule has 0 bridgehead atoms. The van der Waals surface area contributed by atoms with E-state index in [0.717, 1.165) is 34.5 Å². The van der Waals surface area contributed by atoms with E-state index in [0.29, 0.717) is 22.8 Å². The van der Waals surface area contributed by atoms with E-state index in [1.165, 1.54) is 4.90 Å². The number of halogens is 1. The Kier molecular flexibility index (Phi) is 9.94. The molecule has 2 rings (SSSR count). The van der Waals surface area contributed by atoms with E-state index in [9.17, 15) is 18.0 Å². The van der Waals surface area contributed by atoms with Crippen molar-refractivity contribution in [3.63, 3.8) is 0 Å². The summed E-state index contributed by atoms with van der Waals surface area (Å²) in [6.45, 7) is 7.60. The third-order valence-electron chi connectivity index (χ3n) is 5.66. The summed E-state index contributed by atoms with van der Waals surface area (Å²) in [4.78, 5) is 27.7. The fourth-order valence-corrected chi connectivity index (χ4v) is 4.54. The molecule has 34 heavy (non-hydrogen) atoms. The fraction of sp³-hybridized carbons (Fsp3) is 0.440. The van der Waals surface area contributed by atoms with Gasteiger partial charge in [0.1, 0.15) is 12.6 Å². The molecule has 1 atom stereocenters. The fourth-order valence-electron chi connectivity index (χ4n) is 3.47. The predicted molar refractivity (Wildman–Crippen MR) is 137 cm³/mol. The van der Waals surface area contributed by atoms with Crippen LogP contribution in [0.15, 0.2) is 42.5 Å². The Balaban J connectivity index is 2.38. The maximum atomic E-state index is 13.5. The molecule has 0 aliphatic rings. The van der Waals surface area contributed by atoms with Gasteiger partial charge >= 0.3 is 0 Å². The molecule has 186 valence electrons. The van der Waals surface area contributed by atoms with Gasteiger partial charge in [0.2, 0.25) is 21.8 Å². The highest BCUT2D eigenvalue weighted by molar-refractivity contribution is 7.92. The van der Waals surface area contributed by atoms with Crippen molar-refractivity contribution in [3.05, 3.63) is 64.2 Å². The molecule has 0 heterocycles. The zero-order valence-corrected chi connectivity index (χ0v) is 22.0. The first-order valence-corrected chi connectivity index (χ1v) is 13.5. The largest absolute Gasteiger partial charge is 0.354 e. The van der Waals surface area contributed by atoms with Gasteiger partial charge in [0.25, 0.3) is 0 Å². The molecule has 2 aromatic rings. The Hall–Kier alpha value is -2.58. The second kappa shape index (κ2) is 12.2. The lowest BCUT2D eigenvalue weighted by Crippen LogP contribution is -2.51. The lowest BCUT2D eigenvalue weighted by Gasteiger charge is -2.32. The number of anilines is 1. The normalized spacial score (nSPS) is 12.2. The molecule has 2 aromatic carbocycles. The molecule has 0 aliphatic carbocycles. The molecule has 1 unspecified atom stereocenters. The Bertz CT molecular complexity index is 1100. The molecule has 0 radical (unpaired) electrons. The van der Waals surface area contributed by atoms with Gasteiger partial charge in [-0.05, 0) is 50.5 Å². The first kappa shape index (κ1) is 27.7. The SMILES string of the molecule is CCCCNC(=O)C(C)N(Cc1ccc(C)cc1)C(=O)CN(c1cccc(Cl)c1C)S(C)(=O)=O. The van der Waals surface area contributed by atoms with Crippen molar-refractivity contribution in [1.29, 1.82) is 0 Å². The number of carbonyl (C=O) groups is 2. The van der Waals surface area contributed by atoms with E-state index in [1.54, 1.807) is 32.0 Å². The molecule has 0 aliphatic heterocycles. The Labute approximate surface area is 208 Å². The van der Waals surface area contributed by atoms with Gasteiger partial charge in [-0.15, -0.1) is 0 Å². The van der Waals surface area contributed by atoms with Crippen LogP contribution in [0.5, 0.6) is 0 Å². The third kappa shape index (κ3) is 7.46. The van der Waals surface area contributed by atoms with Crippen molar-refractivity contribution in [3.8, 4) is 0 Å². The van der Waals surface area contributed by atoms with E-state index in [-0.39, 0.29) is 12.5 Å². The van der Waals surface area contributed by atoms with Crippen LogP contribution >= 0.6 is 11.6 Å². The first-order valence-electron chi connectivity index (χ1n) is 11.3. The van der Waals surface area contributed by atoms with Crippen LogP contribution < -0.4 is 9.62 Å². The number of benzene rings is 2. The second-order valence-corrected chi connectivity index (χ2v) is 10.8. The van der Waals surface area contributed by atoms with Crippen LogP contribution in [-0.4, -0.2) is 50.5 Å². The van der Waals surface area contributed by atoms with Crippen molar-refractivity contribution < 1.29 is 18.0 Å². The number of nitrogens with one attached hydrogen (secondary N) is 1. The molecule has 2 amide bonds. The lowest BCUT2D eigenvalue weighted by molar-refractivity contribution is -0.139. The smallest absolute Gasteiger partial charge is 0.244 e. The molecule has 1 N–H and O–H groups in total. The molecule has 7 nitrogen and oxygen atoms in total. The number of rotatable bonds is 11. The van der Waals surface area contributed by atoms with Crippen LogP contribution in [0.4, 0.5) is 5.69 Å². The van der Waals surface area contributed by atoms with Crippen molar-refractivity contribution in [1.82, 2.24) is 10.2 Å². The van der Waals surface area contributed by atoms with E-state index in [4.69, 9.17) is 11.6 Å². The number of unbranched alkanes of at least 4 members (excludes halogenated alkanes) is 1. The predicted octanol–water partition coefficient (Wildman–Crippen LogP) is 4.06. The average Bonchev–Trinajstić information content (AvgIpc) is 2.78. The molecule has 0 saturated heterocycles. The molecule has 0 aromatic heterocycles. The molecule has 9 heteroatoms. The highest BCUT2D eigenvalue weighted by atomic mass is 35.5. The van der Waals surface area contributed by atoms with E-state index in [2.05, 4.69) is 5.32 Å². The van der Waals surface area contributed by atoms with Gasteiger partial charge in [0.15, 0.2) is 0 Å². The maximum Gasteiger partial charge on any atom is 0.244 e. The highest BCUT2D eigenvalue weighted by Crippen LogP contribution is 2.28. The number of aryl methyl sites for hydroxylation is 1. The number of nitrogens with zero attached hydrogens (tertiary/aromatic N) is 2. The number of hydrogen-bond donors (Lipinski definition) is 1. The van der Waals surface area contributed by atoms with Gasteiger partial charge in [-0.25, -0.2) is 8.42 Å². The van der Waals surface area contributed by atoms with Crippen molar-refractivity contribution in [2.45, 2.75) is 53.1 Å². The third-order valence-corrected chi connectivity index (χ3v) is 7.19. The van der Waals surface area contributed by atoms with Crippen molar-refractivity contribution in [2.24, 2.45) is 0 Å². The first-order chi connectivity index (χ1) is 16.0. The lowest BCUT2D eigenvalue weighted by atomic mass is 10.1. The standard InChI is InChI=1S/C25H34ClN3O4S/c1-6-7-15-27-25(31)20(4)28(16-21-13-11-18(2)12-14-21)24(30)17-29(34(5,32)33)23-10-8-9-22(26)19(23)3/h8-14,20H,6-7,15-17H2,1-5H3,(H,27,31). The minimum atomic E-state index is -3.80. The highest BCUT2D eigenvalue weighted by Gasteiger charge is 2.30. The molecular weight excluding hydrogens is 474 g/mol. The molecular formula is C25H34ClN3O4S. The van der Waals surface area contributed by atoms with Crippen LogP contribution in [0.3, 0.4) is 0 Å². The van der Waals surface area contributed by atoms with Crippen LogP contribution in [0.2, 0.25) is 5.02 Å². The second-order valence-electron chi connectivity index (χ2n) is 8.48. The van der Waals surface area contributed by atoms with Gasteiger partial charge in [-0.1, -0.05) is 60.8 Å².